The van der Waals surface area contributed by atoms with Crippen molar-refractivity contribution in [1.82, 2.24) is 4.90 Å². The van der Waals surface area contributed by atoms with Crippen molar-refractivity contribution in [3.63, 3.8) is 0 Å². The molecule has 0 aromatic carbocycles. The molecule has 3 unspecified atom stereocenters. The SMILES string of the molecule is CC1CCC(C)N(CC(O)CN)C1. The minimum absolute atomic E-state index is 0.354. The number of likely N-dealkylation sites (tertiary alicyclic amines) is 1. The van der Waals surface area contributed by atoms with Gasteiger partial charge in [-0.1, -0.05) is 6.92 Å². The van der Waals surface area contributed by atoms with Crippen molar-refractivity contribution >= 4 is 0 Å². The van der Waals surface area contributed by atoms with E-state index < -0.39 is 0 Å². The van der Waals surface area contributed by atoms with Crippen molar-refractivity contribution in [2.24, 2.45) is 11.7 Å². The van der Waals surface area contributed by atoms with Gasteiger partial charge in [0.2, 0.25) is 0 Å². The van der Waals surface area contributed by atoms with Crippen molar-refractivity contribution in [3.05, 3.63) is 0 Å². The lowest BCUT2D eigenvalue weighted by Gasteiger charge is -2.37. The number of nitrogens with two attached hydrogens (primary N) is 1. The van der Waals surface area contributed by atoms with Crippen molar-refractivity contribution in [3.8, 4) is 0 Å². The molecule has 3 heteroatoms. The molecule has 1 aliphatic heterocycles. The quantitative estimate of drug-likeness (QED) is 0.672. The molecule has 0 amide bonds. The first kappa shape index (κ1) is 11.0. The Morgan fingerprint density at radius 1 is 1.46 bits per heavy atom. The van der Waals surface area contributed by atoms with Crippen LogP contribution in [0.25, 0.3) is 0 Å². The third-order valence-electron chi connectivity index (χ3n) is 2.96. The summed E-state index contributed by atoms with van der Waals surface area (Å²) in [5.41, 5.74) is 5.39. The Morgan fingerprint density at radius 3 is 2.77 bits per heavy atom. The Bertz CT molecular complexity index is 152. The zero-order chi connectivity index (χ0) is 9.84. The van der Waals surface area contributed by atoms with Gasteiger partial charge in [-0.05, 0) is 25.7 Å². The molecule has 3 N–H and O–H groups in total. The van der Waals surface area contributed by atoms with Gasteiger partial charge < -0.3 is 10.8 Å². The van der Waals surface area contributed by atoms with Crippen molar-refractivity contribution in [2.75, 3.05) is 19.6 Å². The van der Waals surface area contributed by atoms with Crippen molar-refractivity contribution in [1.29, 1.82) is 0 Å². The van der Waals surface area contributed by atoms with E-state index in [4.69, 9.17) is 5.73 Å². The van der Waals surface area contributed by atoms with Crippen LogP contribution in [0.5, 0.6) is 0 Å². The van der Waals surface area contributed by atoms with Gasteiger partial charge in [-0.25, -0.2) is 0 Å². The van der Waals surface area contributed by atoms with Crippen LogP contribution in [-0.4, -0.2) is 41.8 Å². The van der Waals surface area contributed by atoms with Crippen LogP contribution in [0.3, 0.4) is 0 Å². The Labute approximate surface area is 80.9 Å². The first-order chi connectivity index (χ1) is 6.13. The lowest BCUT2D eigenvalue weighted by molar-refractivity contribution is 0.0610. The fourth-order valence-electron chi connectivity index (χ4n) is 1.98. The maximum atomic E-state index is 9.45. The molecule has 3 nitrogen and oxygen atoms in total. The van der Waals surface area contributed by atoms with E-state index in [2.05, 4.69) is 18.7 Å². The fraction of sp³-hybridized carbons (Fsp3) is 1.00. The zero-order valence-corrected chi connectivity index (χ0v) is 8.74. The molecule has 1 fully saturated rings. The summed E-state index contributed by atoms with van der Waals surface area (Å²) in [4.78, 5) is 2.35. The van der Waals surface area contributed by atoms with Gasteiger partial charge in [0, 0.05) is 25.7 Å². The molecule has 0 aliphatic carbocycles. The number of piperidine rings is 1. The average Bonchev–Trinajstić information content (AvgIpc) is 2.11. The molecule has 3 atom stereocenters. The van der Waals surface area contributed by atoms with E-state index in [1.807, 2.05) is 0 Å². The molecule has 0 bridgehead atoms. The van der Waals surface area contributed by atoms with Gasteiger partial charge in [-0.2, -0.15) is 0 Å². The average molecular weight is 186 g/mol. The van der Waals surface area contributed by atoms with E-state index in [0.29, 0.717) is 12.6 Å². The van der Waals surface area contributed by atoms with Gasteiger partial charge in [0.05, 0.1) is 6.10 Å². The zero-order valence-electron chi connectivity index (χ0n) is 8.74. The number of aliphatic hydroxyl groups excluding tert-OH is 1. The van der Waals surface area contributed by atoms with Crippen molar-refractivity contribution in [2.45, 2.75) is 38.8 Å². The molecular formula is C10H22N2O. The van der Waals surface area contributed by atoms with Gasteiger partial charge >= 0.3 is 0 Å². The molecule has 1 saturated heterocycles. The number of hydrogen-bond donors (Lipinski definition) is 2. The summed E-state index contributed by atoms with van der Waals surface area (Å²) in [7, 11) is 0. The van der Waals surface area contributed by atoms with E-state index in [1.165, 1.54) is 12.8 Å². The van der Waals surface area contributed by atoms with Crippen LogP contribution in [0.15, 0.2) is 0 Å². The van der Waals surface area contributed by atoms with Crippen LogP contribution in [0.4, 0.5) is 0 Å². The van der Waals surface area contributed by atoms with E-state index >= 15 is 0 Å². The van der Waals surface area contributed by atoms with E-state index in [9.17, 15) is 5.11 Å². The van der Waals surface area contributed by atoms with Crippen LogP contribution < -0.4 is 5.73 Å². The second kappa shape index (κ2) is 4.94. The standard InChI is InChI=1S/C10H22N2O/c1-8-3-4-9(2)12(6-8)7-10(13)5-11/h8-10,13H,3-7,11H2,1-2H3. The summed E-state index contributed by atoms with van der Waals surface area (Å²) in [5.74, 6) is 0.765. The maximum absolute atomic E-state index is 9.45. The molecule has 1 heterocycles. The van der Waals surface area contributed by atoms with Gasteiger partial charge in [0.15, 0.2) is 0 Å². The predicted molar refractivity (Wildman–Crippen MR) is 54.5 cm³/mol. The Balaban J connectivity index is 2.37. The molecule has 0 saturated carbocycles. The van der Waals surface area contributed by atoms with E-state index in [-0.39, 0.29) is 6.10 Å². The molecule has 0 spiro atoms. The minimum atomic E-state index is -0.354. The van der Waals surface area contributed by atoms with Crippen LogP contribution in [0.1, 0.15) is 26.7 Å². The predicted octanol–water partition coefficient (Wildman–Crippen LogP) is 0.426. The number of rotatable bonds is 3. The highest BCUT2D eigenvalue weighted by molar-refractivity contribution is 4.78. The van der Waals surface area contributed by atoms with Gasteiger partial charge in [-0.15, -0.1) is 0 Å². The first-order valence-corrected chi connectivity index (χ1v) is 5.25. The number of β-amino-alcohol motifs (C(OH)–C–C–N with tert-alkyl or cyclic N) is 1. The third kappa shape index (κ3) is 3.25. The lowest BCUT2D eigenvalue weighted by atomic mass is 9.95. The fourth-order valence-corrected chi connectivity index (χ4v) is 1.98. The Kier molecular flexibility index (Phi) is 4.16. The molecule has 0 radical (unpaired) electrons. The lowest BCUT2D eigenvalue weighted by Crippen LogP contribution is -2.46. The van der Waals surface area contributed by atoms with Crippen LogP contribution >= 0.6 is 0 Å². The second-order valence-corrected chi connectivity index (χ2v) is 4.37. The topological polar surface area (TPSA) is 49.5 Å². The summed E-state index contributed by atoms with van der Waals surface area (Å²) in [6.45, 7) is 6.72. The summed E-state index contributed by atoms with van der Waals surface area (Å²) in [5, 5.41) is 9.45. The number of hydrogen-bond acceptors (Lipinski definition) is 3. The van der Waals surface area contributed by atoms with Gasteiger partial charge in [0.1, 0.15) is 0 Å². The first-order valence-electron chi connectivity index (χ1n) is 5.25. The van der Waals surface area contributed by atoms with Crippen LogP contribution in [0.2, 0.25) is 0 Å². The van der Waals surface area contributed by atoms with Crippen LogP contribution in [-0.2, 0) is 0 Å². The minimum Gasteiger partial charge on any atom is -0.390 e. The highest BCUT2D eigenvalue weighted by atomic mass is 16.3. The molecule has 78 valence electrons. The highest BCUT2D eigenvalue weighted by Crippen LogP contribution is 2.21. The monoisotopic (exact) mass is 186 g/mol. The second-order valence-electron chi connectivity index (χ2n) is 4.37. The summed E-state index contributed by atoms with van der Waals surface area (Å²) in [6.07, 6.45) is 2.21. The van der Waals surface area contributed by atoms with Gasteiger partial charge in [-0.3, -0.25) is 4.90 Å². The number of nitrogens with zero attached hydrogens (tertiary/aromatic N) is 1. The molecule has 1 aliphatic rings. The summed E-state index contributed by atoms with van der Waals surface area (Å²) < 4.78 is 0. The van der Waals surface area contributed by atoms with E-state index in [0.717, 1.165) is 19.0 Å². The summed E-state index contributed by atoms with van der Waals surface area (Å²) >= 11 is 0. The largest absolute Gasteiger partial charge is 0.390 e. The smallest absolute Gasteiger partial charge is 0.0789 e. The third-order valence-corrected chi connectivity index (χ3v) is 2.96. The number of aliphatic hydroxyl groups is 1. The molecule has 1 rings (SSSR count). The van der Waals surface area contributed by atoms with Crippen molar-refractivity contribution < 1.29 is 5.11 Å². The maximum Gasteiger partial charge on any atom is 0.0789 e. The highest BCUT2D eigenvalue weighted by Gasteiger charge is 2.23. The van der Waals surface area contributed by atoms with Gasteiger partial charge in [0.25, 0.3) is 0 Å². The summed E-state index contributed by atoms with van der Waals surface area (Å²) in [6, 6.07) is 0.609. The Hall–Kier alpha value is -0.120. The molecular weight excluding hydrogens is 164 g/mol. The Morgan fingerprint density at radius 2 is 2.15 bits per heavy atom. The van der Waals surface area contributed by atoms with Crippen LogP contribution in [0, 0.1) is 5.92 Å². The van der Waals surface area contributed by atoms with E-state index in [1.54, 1.807) is 0 Å². The molecule has 0 aromatic heterocycles. The molecule has 0 aromatic rings. The molecule has 13 heavy (non-hydrogen) atoms. The normalized spacial score (nSPS) is 33.2.